The van der Waals surface area contributed by atoms with Crippen molar-refractivity contribution < 1.29 is 19.0 Å². The van der Waals surface area contributed by atoms with Crippen LogP contribution in [0, 0.1) is 5.92 Å². The van der Waals surface area contributed by atoms with Crippen molar-refractivity contribution >= 4 is 5.91 Å². The summed E-state index contributed by atoms with van der Waals surface area (Å²) in [7, 11) is 1.55. The Morgan fingerprint density at radius 3 is 3.00 bits per heavy atom. The number of amides is 1. The van der Waals surface area contributed by atoms with E-state index in [0.29, 0.717) is 42.7 Å². The number of hydrogen-bond acceptors (Lipinski definition) is 5. The molecule has 2 rings (SSSR count). The smallest absolute Gasteiger partial charge is 0.251 e. The third-order valence-corrected chi connectivity index (χ3v) is 3.61. The molecule has 0 spiro atoms. The van der Waals surface area contributed by atoms with Gasteiger partial charge in [0.05, 0.1) is 13.7 Å². The molecule has 1 aliphatic rings. The Kier molecular flexibility index (Phi) is 6.48. The van der Waals surface area contributed by atoms with Gasteiger partial charge in [0.1, 0.15) is 6.61 Å². The van der Waals surface area contributed by atoms with E-state index in [-0.39, 0.29) is 5.91 Å². The van der Waals surface area contributed by atoms with E-state index in [9.17, 15) is 4.79 Å². The van der Waals surface area contributed by atoms with E-state index >= 15 is 0 Å². The standard InChI is InChI=1S/C16H24N2O4/c1-20-15-9-13(4-5-14(15)22-8-6-17)16(19)18-10-12-3-2-7-21-11-12/h4-5,9,12H,2-3,6-8,10-11,17H2,1H3,(H,18,19). The summed E-state index contributed by atoms with van der Waals surface area (Å²) < 4.78 is 16.1. The minimum Gasteiger partial charge on any atom is -0.493 e. The first-order valence-electron chi connectivity index (χ1n) is 7.61. The third kappa shape index (κ3) is 4.61. The summed E-state index contributed by atoms with van der Waals surface area (Å²) in [6.45, 7) is 3.01. The first-order valence-corrected chi connectivity index (χ1v) is 7.61. The Labute approximate surface area is 130 Å². The normalized spacial score (nSPS) is 17.8. The predicted octanol–water partition coefficient (Wildman–Crippen LogP) is 1.19. The van der Waals surface area contributed by atoms with Gasteiger partial charge in [0.15, 0.2) is 11.5 Å². The number of nitrogens with one attached hydrogen (secondary N) is 1. The Morgan fingerprint density at radius 2 is 2.32 bits per heavy atom. The average molecular weight is 308 g/mol. The summed E-state index contributed by atoms with van der Waals surface area (Å²) in [5, 5.41) is 2.95. The average Bonchev–Trinajstić information content (AvgIpc) is 2.58. The SMILES string of the molecule is COc1cc(C(=O)NCC2CCCOC2)ccc1OCCN. The van der Waals surface area contributed by atoms with Crippen molar-refractivity contribution in [2.24, 2.45) is 11.7 Å². The van der Waals surface area contributed by atoms with Gasteiger partial charge in [-0.2, -0.15) is 0 Å². The lowest BCUT2D eigenvalue weighted by atomic mass is 10.0. The van der Waals surface area contributed by atoms with Crippen LogP contribution in [0.3, 0.4) is 0 Å². The van der Waals surface area contributed by atoms with Crippen LogP contribution in [-0.4, -0.2) is 45.9 Å². The number of ether oxygens (including phenoxy) is 3. The molecule has 1 atom stereocenters. The fourth-order valence-electron chi connectivity index (χ4n) is 2.40. The number of benzene rings is 1. The molecule has 1 saturated heterocycles. The lowest BCUT2D eigenvalue weighted by Gasteiger charge is -2.22. The molecule has 6 nitrogen and oxygen atoms in total. The number of carbonyl (C=O) groups excluding carboxylic acids is 1. The van der Waals surface area contributed by atoms with Crippen molar-refractivity contribution in [1.29, 1.82) is 0 Å². The molecule has 1 amide bonds. The molecular formula is C16H24N2O4. The summed E-state index contributed by atoms with van der Waals surface area (Å²) >= 11 is 0. The number of hydrogen-bond donors (Lipinski definition) is 2. The van der Waals surface area contributed by atoms with Gasteiger partial charge in [-0.25, -0.2) is 0 Å². The number of nitrogens with two attached hydrogens (primary N) is 1. The molecule has 0 radical (unpaired) electrons. The van der Waals surface area contributed by atoms with Gasteiger partial charge in [0.25, 0.3) is 5.91 Å². The molecule has 1 aromatic carbocycles. The molecule has 0 bridgehead atoms. The van der Waals surface area contributed by atoms with Crippen LogP contribution in [0.4, 0.5) is 0 Å². The van der Waals surface area contributed by atoms with Crippen LogP contribution >= 0.6 is 0 Å². The Balaban J connectivity index is 1.93. The molecule has 0 saturated carbocycles. The Hall–Kier alpha value is -1.79. The minimum absolute atomic E-state index is 0.116. The van der Waals surface area contributed by atoms with Gasteiger partial charge >= 0.3 is 0 Å². The maximum absolute atomic E-state index is 12.2. The second-order valence-corrected chi connectivity index (χ2v) is 5.30. The minimum atomic E-state index is -0.116. The van der Waals surface area contributed by atoms with Crippen molar-refractivity contribution in [3.63, 3.8) is 0 Å². The number of rotatable bonds is 7. The van der Waals surface area contributed by atoms with Gasteiger partial charge in [-0.1, -0.05) is 0 Å². The first-order chi connectivity index (χ1) is 10.7. The van der Waals surface area contributed by atoms with Gasteiger partial charge in [0, 0.05) is 25.3 Å². The molecule has 0 aromatic heterocycles. The van der Waals surface area contributed by atoms with E-state index in [1.54, 1.807) is 25.3 Å². The lowest BCUT2D eigenvalue weighted by molar-refractivity contribution is 0.0536. The van der Waals surface area contributed by atoms with Gasteiger partial charge in [-0.3, -0.25) is 4.79 Å². The van der Waals surface area contributed by atoms with Crippen molar-refractivity contribution in [3.05, 3.63) is 23.8 Å². The highest BCUT2D eigenvalue weighted by Gasteiger charge is 2.16. The van der Waals surface area contributed by atoms with E-state index in [2.05, 4.69) is 5.32 Å². The van der Waals surface area contributed by atoms with Crippen LogP contribution in [0.25, 0.3) is 0 Å². The van der Waals surface area contributed by atoms with Crippen LogP contribution in [0.1, 0.15) is 23.2 Å². The summed E-state index contributed by atoms with van der Waals surface area (Å²) in [5.74, 6) is 1.40. The molecule has 0 aliphatic carbocycles. The summed E-state index contributed by atoms with van der Waals surface area (Å²) in [6.07, 6.45) is 2.15. The van der Waals surface area contributed by atoms with Crippen molar-refractivity contribution in [2.45, 2.75) is 12.8 Å². The van der Waals surface area contributed by atoms with E-state index in [1.807, 2.05) is 0 Å². The number of carbonyl (C=O) groups is 1. The molecule has 3 N–H and O–H groups in total. The monoisotopic (exact) mass is 308 g/mol. The van der Waals surface area contributed by atoms with Crippen LogP contribution in [0.2, 0.25) is 0 Å². The Morgan fingerprint density at radius 1 is 1.45 bits per heavy atom. The molecule has 1 aliphatic heterocycles. The van der Waals surface area contributed by atoms with Gasteiger partial charge < -0.3 is 25.3 Å². The van der Waals surface area contributed by atoms with Crippen molar-refractivity contribution in [3.8, 4) is 11.5 Å². The molecule has 1 aromatic rings. The highest BCUT2D eigenvalue weighted by Crippen LogP contribution is 2.28. The first kappa shape index (κ1) is 16.6. The lowest BCUT2D eigenvalue weighted by Crippen LogP contribution is -2.33. The van der Waals surface area contributed by atoms with Gasteiger partial charge in [-0.05, 0) is 37.0 Å². The Bertz CT molecular complexity index is 487. The largest absolute Gasteiger partial charge is 0.493 e. The quantitative estimate of drug-likeness (QED) is 0.790. The molecule has 1 heterocycles. The summed E-state index contributed by atoms with van der Waals surface area (Å²) in [6, 6.07) is 5.13. The topological polar surface area (TPSA) is 82.8 Å². The van der Waals surface area contributed by atoms with E-state index < -0.39 is 0 Å². The fourth-order valence-corrected chi connectivity index (χ4v) is 2.40. The second kappa shape index (κ2) is 8.60. The zero-order valence-electron chi connectivity index (χ0n) is 13.0. The summed E-state index contributed by atoms with van der Waals surface area (Å²) in [4.78, 5) is 12.2. The summed E-state index contributed by atoms with van der Waals surface area (Å²) in [5.41, 5.74) is 5.97. The third-order valence-electron chi connectivity index (χ3n) is 3.61. The van der Waals surface area contributed by atoms with Crippen molar-refractivity contribution in [2.75, 3.05) is 40.0 Å². The van der Waals surface area contributed by atoms with E-state index in [1.165, 1.54) is 0 Å². The predicted molar refractivity (Wildman–Crippen MR) is 83.4 cm³/mol. The van der Waals surface area contributed by atoms with Gasteiger partial charge in [-0.15, -0.1) is 0 Å². The zero-order chi connectivity index (χ0) is 15.8. The van der Waals surface area contributed by atoms with Gasteiger partial charge in [0.2, 0.25) is 0 Å². The zero-order valence-corrected chi connectivity index (χ0v) is 13.0. The highest BCUT2D eigenvalue weighted by atomic mass is 16.5. The van der Waals surface area contributed by atoms with E-state index in [0.717, 1.165) is 26.1 Å². The van der Waals surface area contributed by atoms with Crippen LogP contribution in [0.5, 0.6) is 11.5 Å². The molecule has 1 fully saturated rings. The maximum Gasteiger partial charge on any atom is 0.251 e. The highest BCUT2D eigenvalue weighted by molar-refractivity contribution is 5.94. The second-order valence-electron chi connectivity index (χ2n) is 5.30. The van der Waals surface area contributed by atoms with E-state index in [4.69, 9.17) is 19.9 Å². The molecule has 22 heavy (non-hydrogen) atoms. The molecule has 122 valence electrons. The van der Waals surface area contributed by atoms with Crippen LogP contribution in [-0.2, 0) is 4.74 Å². The molecule has 6 heteroatoms. The number of methoxy groups -OCH3 is 1. The van der Waals surface area contributed by atoms with Crippen LogP contribution in [0.15, 0.2) is 18.2 Å². The molecule has 1 unspecified atom stereocenters. The maximum atomic E-state index is 12.2. The molecular weight excluding hydrogens is 284 g/mol. The van der Waals surface area contributed by atoms with Crippen molar-refractivity contribution in [1.82, 2.24) is 5.32 Å². The van der Waals surface area contributed by atoms with Crippen LogP contribution < -0.4 is 20.5 Å². The fraction of sp³-hybridized carbons (Fsp3) is 0.562.